The molecule has 3 rings (SSSR count). The zero-order chi connectivity index (χ0) is 15.4. The van der Waals surface area contributed by atoms with Crippen LogP contribution in [0.15, 0.2) is 23.0 Å². The first-order valence-electron chi connectivity index (χ1n) is 6.48. The van der Waals surface area contributed by atoms with Gasteiger partial charge in [0.15, 0.2) is 12.4 Å². The highest BCUT2D eigenvalue weighted by molar-refractivity contribution is 5.87. The molecule has 112 valence electrons. The molecule has 1 aromatic carbocycles. The molecule has 0 saturated heterocycles. The highest BCUT2D eigenvalue weighted by atomic mass is 19.3. The lowest BCUT2D eigenvalue weighted by molar-refractivity contribution is -0.0567. The Bertz CT molecular complexity index is 786. The van der Waals surface area contributed by atoms with Crippen LogP contribution in [-0.2, 0) is 13.5 Å². The van der Waals surface area contributed by atoms with Crippen LogP contribution in [0.1, 0.15) is 5.56 Å². The van der Waals surface area contributed by atoms with E-state index in [-0.39, 0.29) is 12.2 Å². The van der Waals surface area contributed by atoms with E-state index in [0.717, 1.165) is 0 Å². The van der Waals surface area contributed by atoms with Crippen LogP contribution < -0.4 is 21.8 Å². The van der Waals surface area contributed by atoms with Crippen molar-refractivity contribution in [3.05, 3.63) is 34.1 Å². The predicted molar refractivity (Wildman–Crippen MR) is 75.7 cm³/mol. The van der Waals surface area contributed by atoms with E-state index in [1.165, 1.54) is 4.57 Å². The number of halogens is 2. The van der Waals surface area contributed by atoms with Gasteiger partial charge in [0.05, 0.1) is 11.6 Å². The van der Waals surface area contributed by atoms with Gasteiger partial charge in [-0.1, -0.05) is 0 Å². The van der Waals surface area contributed by atoms with E-state index in [9.17, 15) is 13.6 Å². The minimum atomic E-state index is -3.18. The lowest BCUT2D eigenvalue weighted by Gasteiger charge is -2.19. The number of rotatable bonds is 0. The standard InChI is InChI=1S/C14H15F2N3O2/c1-19-10-3-2-7(17)4-8(10)9-5-11(18)14(15,16)6-21-12(9)13(19)20/h2-4,11H,5-6,17-18H2,1H3. The molecular formula is C14H15F2N3O2. The highest BCUT2D eigenvalue weighted by Gasteiger charge is 2.42. The smallest absolute Gasteiger partial charge is 0.296 e. The zero-order valence-corrected chi connectivity index (χ0v) is 11.4. The number of anilines is 1. The topological polar surface area (TPSA) is 83.3 Å². The maximum absolute atomic E-state index is 13.8. The predicted octanol–water partition coefficient (Wildman–Crippen LogP) is 1.02. The fraction of sp³-hybridized carbons (Fsp3) is 0.357. The van der Waals surface area contributed by atoms with Gasteiger partial charge in [-0.3, -0.25) is 4.79 Å². The summed E-state index contributed by atoms with van der Waals surface area (Å²) in [5, 5.41) is 0.611. The second-order valence-electron chi connectivity index (χ2n) is 5.31. The molecule has 1 unspecified atom stereocenters. The van der Waals surface area contributed by atoms with Crippen molar-refractivity contribution in [2.24, 2.45) is 12.8 Å². The molecule has 2 heterocycles. The van der Waals surface area contributed by atoms with Gasteiger partial charge in [-0.25, -0.2) is 8.78 Å². The maximum atomic E-state index is 13.8. The third kappa shape index (κ3) is 2.04. The Morgan fingerprint density at radius 3 is 2.86 bits per heavy atom. The summed E-state index contributed by atoms with van der Waals surface area (Å²) in [5.74, 6) is -3.25. The SMILES string of the molecule is Cn1c(=O)c2c(c3cc(N)ccc31)CC(N)C(F)(F)CO2. The molecular weight excluding hydrogens is 280 g/mol. The van der Waals surface area contributed by atoms with Gasteiger partial charge in [-0.05, 0) is 24.6 Å². The summed E-state index contributed by atoms with van der Waals surface area (Å²) in [5.41, 5.74) is 12.4. The third-order valence-electron chi connectivity index (χ3n) is 3.86. The number of hydrogen-bond acceptors (Lipinski definition) is 4. The first-order chi connectivity index (χ1) is 9.81. The minimum absolute atomic E-state index is 0.0665. The van der Waals surface area contributed by atoms with Gasteiger partial charge >= 0.3 is 0 Å². The number of nitrogens with zero attached hydrogens (tertiary/aromatic N) is 1. The van der Waals surface area contributed by atoms with Crippen molar-refractivity contribution in [1.82, 2.24) is 4.57 Å². The Hall–Kier alpha value is -2.15. The van der Waals surface area contributed by atoms with Gasteiger partial charge in [-0.15, -0.1) is 0 Å². The average Bonchev–Trinajstić information content (AvgIpc) is 2.54. The molecule has 7 heteroatoms. The average molecular weight is 295 g/mol. The van der Waals surface area contributed by atoms with Gasteiger partial charge in [0, 0.05) is 23.7 Å². The van der Waals surface area contributed by atoms with Crippen molar-refractivity contribution in [2.75, 3.05) is 12.3 Å². The van der Waals surface area contributed by atoms with E-state index in [1.54, 1.807) is 25.2 Å². The number of nitrogens with two attached hydrogens (primary N) is 2. The van der Waals surface area contributed by atoms with Gasteiger partial charge < -0.3 is 20.8 Å². The van der Waals surface area contributed by atoms with Gasteiger partial charge in [-0.2, -0.15) is 0 Å². The summed E-state index contributed by atoms with van der Waals surface area (Å²) in [6.45, 7) is -0.899. The first kappa shape index (κ1) is 13.8. The fourth-order valence-electron chi connectivity index (χ4n) is 2.60. The highest BCUT2D eigenvalue weighted by Crippen LogP contribution is 2.33. The Morgan fingerprint density at radius 1 is 1.43 bits per heavy atom. The van der Waals surface area contributed by atoms with E-state index < -0.39 is 24.1 Å². The van der Waals surface area contributed by atoms with Crippen LogP contribution in [0.2, 0.25) is 0 Å². The number of nitrogen functional groups attached to an aromatic ring is 1. The quantitative estimate of drug-likeness (QED) is 0.711. The number of hydrogen-bond donors (Lipinski definition) is 2. The van der Waals surface area contributed by atoms with Crippen LogP contribution in [0.25, 0.3) is 10.9 Å². The summed E-state index contributed by atoms with van der Waals surface area (Å²) in [7, 11) is 1.56. The van der Waals surface area contributed by atoms with Crippen LogP contribution in [0.5, 0.6) is 5.75 Å². The molecule has 5 nitrogen and oxygen atoms in total. The molecule has 0 spiro atoms. The van der Waals surface area contributed by atoms with Crippen LogP contribution in [0.4, 0.5) is 14.5 Å². The lowest BCUT2D eigenvalue weighted by atomic mass is 9.98. The van der Waals surface area contributed by atoms with Gasteiger partial charge in [0.25, 0.3) is 11.5 Å². The number of alkyl halides is 2. The zero-order valence-electron chi connectivity index (χ0n) is 11.4. The van der Waals surface area contributed by atoms with Crippen molar-refractivity contribution < 1.29 is 13.5 Å². The number of ether oxygens (including phenoxy) is 1. The lowest BCUT2D eigenvalue weighted by Crippen LogP contribution is -2.45. The monoisotopic (exact) mass is 295 g/mol. The maximum Gasteiger partial charge on any atom is 0.296 e. The number of pyridine rings is 1. The summed E-state index contributed by atoms with van der Waals surface area (Å²) in [4.78, 5) is 12.3. The van der Waals surface area contributed by atoms with Crippen LogP contribution >= 0.6 is 0 Å². The number of aromatic nitrogens is 1. The molecule has 0 aliphatic carbocycles. The van der Waals surface area contributed by atoms with E-state index >= 15 is 0 Å². The molecule has 4 N–H and O–H groups in total. The molecule has 0 saturated carbocycles. The summed E-state index contributed by atoms with van der Waals surface area (Å²) >= 11 is 0. The number of benzene rings is 1. The summed E-state index contributed by atoms with van der Waals surface area (Å²) in [6.07, 6.45) is -0.141. The van der Waals surface area contributed by atoms with E-state index in [1.807, 2.05) is 0 Å². The van der Waals surface area contributed by atoms with Crippen molar-refractivity contribution in [3.63, 3.8) is 0 Å². The van der Waals surface area contributed by atoms with Crippen molar-refractivity contribution in [3.8, 4) is 5.75 Å². The van der Waals surface area contributed by atoms with Crippen LogP contribution in [0, 0.1) is 0 Å². The number of aryl methyl sites for hydroxylation is 1. The Kier molecular flexibility index (Phi) is 2.91. The molecule has 2 aromatic rings. The molecule has 0 radical (unpaired) electrons. The molecule has 0 bridgehead atoms. The Labute approximate surface area is 119 Å². The summed E-state index contributed by atoms with van der Waals surface area (Å²) < 4.78 is 34.0. The third-order valence-corrected chi connectivity index (χ3v) is 3.86. The molecule has 0 fully saturated rings. The van der Waals surface area contributed by atoms with E-state index in [4.69, 9.17) is 16.2 Å². The van der Waals surface area contributed by atoms with Crippen molar-refractivity contribution in [2.45, 2.75) is 18.4 Å². The second kappa shape index (κ2) is 4.42. The fourth-order valence-corrected chi connectivity index (χ4v) is 2.60. The number of fused-ring (bicyclic) bond motifs is 3. The largest absolute Gasteiger partial charge is 0.481 e. The normalized spacial score (nSPS) is 20.7. The van der Waals surface area contributed by atoms with Crippen molar-refractivity contribution in [1.29, 1.82) is 0 Å². The van der Waals surface area contributed by atoms with E-state index in [0.29, 0.717) is 22.2 Å². The molecule has 1 aliphatic rings. The molecule has 0 amide bonds. The van der Waals surface area contributed by atoms with Crippen LogP contribution in [0.3, 0.4) is 0 Å². The van der Waals surface area contributed by atoms with Gasteiger partial charge in [0.2, 0.25) is 0 Å². The van der Waals surface area contributed by atoms with Gasteiger partial charge in [0.1, 0.15) is 0 Å². The Morgan fingerprint density at radius 2 is 2.14 bits per heavy atom. The van der Waals surface area contributed by atoms with Crippen LogP contribution in [-0.4, -0.2) is 23.1 Å². The van der Waals surface area contributed by atoms with Crippen molar-refractivity contribution >= 4 is 16.6 Å². The molecule has 1 atom stereocenters. The second-order valence-corrected chi connectivity index (χ2v) is 5.31. The minimum Gasteiger partial charge on any atom is -0.481 e. The Balaban J connectivity index is 2.35. The first-order valence-corrected chi connectivity index (χ1v) is 6.48. The molecule has 21 heavy (non-hydrogen) atoms. The molecule has 1 aromatic heterocycles. The summed E-state index contributed by atoms with van der Waals surface area (Å²) in [6, 6.07) is 3.57. The molecule has 1 aliphatic heterocycles. The van der Waals surface area contributed by atoms with E-state index in [2.05, 4.69) is 0 Å².